The second-order valence-electron chi connectivity index (χ2n) is 4.32. The third-order valence-corrected chi connectivity index (χ3v) is 2.68. The highest BCUT2D eigenvalue weighted by atomic mass is 16.3. The molecule has 1 aromatic rings. The van der Waals surface area contributed by atoms with E-state index in [-0.39, 0.29) is 13.2 Å². The summed E-state index contributed by atoms with van der Waals surface area (Å²) in [5.74, 6) is 0. The Morgan fingerprint density at radius 1 is 1.44 bits per heavy atom. The van der Waals surface area contributed by atoms with Crippen molar-refractivity contribution in [1.82, 2.24) is 15.1 Å². The Morgan fingerprint density at radius 3 is 2.56 bits per heavy atom. The average molecular weight is 227 g/mol. The first-order valence-corrected chi connectivity index (χ1v) is 5.54. The molecule has 1 rings (SSSR count). The molecule has 0 aliphatic heterocycles. The number of aryl methyl sites for hydroxylation is 2. The van der Waals surface area contributed by atoms with Crippen molar-refractivity contribution in [1.29, 1.82) is 0 Å². The lowest BCUT2D eigenvalue weighted by Crippen LogP contribution is -2.48. The second kappa shape index (κ2) is 5.43. The van der Waals surface area contributed by atoms with Crippen LogP contribution in [-0.2, 0) is 13.1 Å². The quantitative estimate of drug-likeness (QED) is 0.642. The molecule has 5 nitrogen and oxygen atoms in total. The van der Waals surface area contributed by atoms with Gasteiger partial charge in [-0.05, 0) is 26.8 Å². The summed E-state index contributed by atoms with van der Waals surface area (Å²) in [7, 11) is 0. The van der Waals surface area contributed by atoms with E-state index in [2.05, 4.69) is 10.4 Å². The van der Waals surface area contributed by atoms with E-state index in [1.54, 1.807) is 6.92 Å². The van der Waals surface area contributed by atoms with E-state index >= 15 is 0 Å². The van der Waals surface area contributed by atoms with Crippen molar-refractivity contribution >= 4 is 0 Å². The number of rotatable bonds is 6. The van der Waals surface area contributed by atoms with Gasteiger partial charge >= 0.3 is 0 Å². The van der Waals surface area contributed by atoms with E-state index in [9.17, 15) is 0 Å². The predicted octanol–water partition coefficient (Wildman–Crippen LogP) is 0.0443. The van der Waals surface area contributed by atoms with Gasteiger partial charge in [0.25, 0.3) is 0 Å². The van der Waals surface area contributed by atoms with Crippen molar-refractivity contribution in [2.45, 2.75) is 39.4 Å². The first-order valence-electron chi connectivity index (χ1n) is 5.54. The zero-order valence-electron chi connectivity index (χ0n) is 10.2. The topological polar surface area (TPSA) is 70.3 Å². The molecule has 0 saturated heterocycles. The minimum atomic E-state index is -0.642. The fraction of sp³-hybridized carbons (Fsp3) is 0.727. The maximum Gasteiger partial charge on any atom is 0.0633 e. The summed E-state index contributed by atoms with van der Waals surface area (Å²) in [5, 5.41) is 25.8. The zero-order chi connectivity index (χ0) is 12.2. The highest BCUT2D eigenvalue weighted by molar-refractivity contribution is 5.09. The molecule has 92 valence electrons. The second-order valence-corrected chi connectivity index (χ2v) is 4.32. The normalized spacial score (nSPS) is 12.1. The summed E-state index contributed by atoms with van der Waals surface area (Å²) in [5.41, 5.74) is 1.40. The van der Waals surface area contributed by atoms with E-state index in [0.717, 1.165) is 17.9 Å². The summed E-state index contributed by atoms with van der Waals surface area (Å²) >= 11 is 0. The van der Waals surface area contributed by atoms with Crippen LogP contribution < -0.4 is 5.32 Å². The molecular weight excluding hydrogens is 206 g/mol. The molecule has 0 unspecified atom stereocenters. The molecule has 1 heterocycles. The van der Waals surface area contributed by atoms with Crippen LogP contribution in [0.15, 0.2) is 6.07 Å². The van der Waals surface area contributed by atoms with E-state index < -0.39 is 5.54 Å². The van der Waals surface area contributed by atoms with Crippen LogP contribution in [0.2, 0.25) is 0 Å². The number of nitrogens with zero attached hydrogens (tertiary/aromatic N) is 2. The highest BCUT2D eigenvalue weighted by Gasteiger charge is 2.21. The lowest BCUT2D eigenvalue weighted by molar-refractivity contribution is 0.102. The Balaban J connectivity index is 2.66. The number of aromatic nitrogens is 2. The van der Waals surface area contributed by atoms with Crippen molar-refractivity contribution in [3.63, 3.8) is 0 Å². The molecule has 0 aliphatic rings. The van der Waals surface area contributed by atoms with Crippen molar-refractivity contribution in [2.75, 3.05) is 13.2 Å². The predicted molar refractivity (Wildman–Crippen MR) is 62.1 cm³/mol. The van der Waals surface area contributed by atoms with Gasteiger partial charge in [0, 0.05) is 13.1 Å². The summed E-state index contributed by atoms with van der Waals surface area (Å²) in [6, 6.07) is 2.01. The average Bonchev–Trinajstić information content (AvgIpc) is 2.66. The number of nitrogens with one attached hydrogen (secondary N) is 1. The van der Waals surface area contributed by atoms with Crippen molar-refractivity contribution in [3.8, 4) is 0 Å². The summed E-state index contributed by atoms with van der Waals surface area (Å²) in [6.07, 6.45) is 0. The number of aliphatic hydroxyl groups excluding tert-OH is 2. The van der Waals surface area contributed by atoms with Gasteiger partial charge in [-0.2, -0.15) is 5.10 Å². The van der Waals surface area contributed by atoms with Crippen LogP contribution in [0.3, 0.4) is 0 Å². The molecule has 0 spiro atoms. The van der Waals surface area contributed by atoms with Crippen LogP contribution in [0.25, 0.3) is 0 Å². The molecule has 1 aromatic heterocycles. The molecule has 0 fully saturated rings. The SMILES string of the molecule is CCn1nc(C)cc1CNC(C)(CO)CO. The molecule has 16 heavy (non-hydrogen) atoms. The molecule has 0 bridgehead atoms. The molecule has 3 N–H and O–H groups in total. The van der Waals surface area contributed by atoms with Crippen LogP contribution in [-0.4, -0.2) is 38.7 Å². The van der Waals surface area contributed by atoms with Crippen molar-refractivity contribution in [2.24, 2.45) is 0 Å². The van der Waals surface area contributed by atoms with Gasteiger partial charge in [-0.1, -0.05) is 0 Å². The lowest BCUT2D eigenvalue weighted by atomic mass is 10.1. The Hall–Kier alpha value is -0.910. The van der Waals surface area contributed by atoms with Crippen LogP contribution in [0.4, 0.5) is 0 Å². The van der Waals surface area contributed by atoms with Crippen molar-refractivity contribution in [3.05, 3.63) is 17.5 Å². The maximum absolute atomic E-state index is 9.15. The van der Waals surface area contributed by atoms with Crippen LogP contribution in [0, 0.1) is 6.92 Å². The molecular formula is C11H21N3O2. The van der Waals surface area contributed by atoms with Gasteiger partial charge in [0.15, 0.2) is 0 Å². The fourth-order valence-corrected chi connectivity index (χ4v) is 1.48. The summed E-state index contributed by atoms with van der Waals surface area (Å²) in [4.78, 5) is 0. The maximum atomic E-state index is 9.15. The Morgan fingerprint density at radius 2 is 2.06 bits per heavy atom. The van der Waals surface area contributed by atoms with Crippen LogP contribution >= 0.6 is 0 Å². The fourth-order valence-electron chi connectivity index (χ4n) is 1.48. The summed E-state index contributed by atoms with van der Waals surface area (Å²) in [6.45, 7) is 6.99. The minimum Gasteiger partial charge on any atom is -0.394 e. The number of hydrogen-bond acceptors (Lipinski definition) is 4. The van der Waals surface area contributed by atoms with Crippen LogP contribution in [0.1, 0.15) is 25.2 Å². The monoisotopic (exact) mass is 227 g/mol. The number of hydrogen-bond donors (Lipinski definition) is 3. The zero-order valence-corrected chi connectivity index (χ0v) is 10.2. The van der Waals surface area contributed by atoms with Gasteiger partial charge in [-0.3, -0.25) is 4.68 Å². The lowest BCUT2D eigenvalue weighted by Gasteiger charge is -2.26. The Bertz CT molecular complexity index is 332. The van der Waals surface area contributed by atoms with E-state index in [4.69, 9.17) is 10.2 Å². The third-order valence-electron chi connectivity index (χ3n) is 2.68. The van der Waals surface area contributed by atoms with Crippen molar-refractivity contribution < 1.29 is 10.2 Å². The summed E-state index contributed by atoms with van der Waals surface area (Å²) < 4.78 is 1.91. The van der Waals surface area contributed by atoms with E-state index in [1.807, 2.05) is 24.6 Å². The van der Waals surface area contributed by atoms with Crippen LogP contribution in [0.5, 0.6) is 0 Å². The number of aliphatic hydroxyl groups is 2. The molecule has 0 aromatic carbocycles. The van der Waals surface area contributed by atoms with Gasteiger partial charge in [-0.25, -0.2) is 0 Å². The molecule has 0 aliphatic carbocycles. The molecule has 0 saturated carbocycles. The Kier molecular flexibility index (Phi) is 4.46. The van der Waals surface area contributed by atoms with Gasteiger partial charge in [0.1, 0.15) is 0 Å². The Labute approximate surface area is 96.1 Å². The molecule has 0 radical (unpaired) electrons. The first kappa shape index (κ1) is 13.2. The smallest absolute Gasteiger partial charge is 0.0633 e. The van der Waals surface area contributed by atoms with E-state index in [1.165, 1.54) is 0 Å². The standard InChI is InChI=1S/C11H21N3O2/c1-4-14-10(5-9(2)13-14)6-12-11(3,7-15)8-16/h5,12,15-16H,4,6-8H2,1-3H3. The molecule has 0 amide bonds. The first-order chi connectivity index (χ1) is 7.54. The van der Waals surface area contributed by atoms with Gasteiger partial charge in [-0.15, -0.1) is 0 Å². The molecule has 5 heteroatoms. The van der Waals surface area contributed by atoms with Gasteiger partial charge < -0.3 is 15.5 Å². The largest absolute Gasteiger partial charge is 0.394 e. The van der Waals surface area contributed by atoms with Gasteiger partial charge in [0.2, 0.25) is 0 Å². The minimum absolute atomic E-state index is 0.0945. The van der Waals surface area contributed by atoms with E-state index in [0.29, 0.717) is 6.54 Å². The third kappa shape index (κ3) is 3.04. The highest BCUT2D eigenvalue weighted by Crippen LogP contribution is 2.07. The molecule has 0 atom stereocenters. The van der Waals surface area contributed by atoms with Gasteiger partial charge in [0.05, 0.1) is 30.1 Å².